The molecule has 196 valence electrons. The predicted octanol–water partition coefficient (Wildman–Crippen LogP) is 5.54. The van der Waals surface area contributed by atoms with E-state index in [0.29, 0.717) is 5.69 Å². The fourth-order valence-corrected chi connectivity index (χ4v) is 4.91. The first-order valence-electron chi connectivity index (χ1n) is 11.7. The van der Waals surface area contributed by atoms with Gasteiger partial charge in [-0.2, -0.15) is 0 Å². The van der Waals surface area contributed by atoms with E-state index in [2.05, 4.69) is 20.3 Å². The fraction of sp³-hybridized carbons (Fsp3) is 0.400. The molecule has 3 atom stereocenters. The average Bonchev–Trinajstić information content (AvgIpc) is 3.43. The lowest BCUT2D eigenvalue weighted by Gasteiger charge is -2.35. The molecule has 37 heavy (non-hydrogen) atoms. The van der Waals surface area contributed by atoms with Gasteiger partial charge < -0.3 is 5.32 Å². The highest BCUT2D eigenvalue weighted by atomic mass is 35.5. The number of anilines is 1. The number of amides is 2. The van der Waals surface area contributed by atoms with Crippen molar-refractivity contribution in [1.82, 2.24) is 20.3 Å². The van der Waals surface area contributed by atoms with Crippen LogP contribution in [0.3, 0.4) is 0 Å². The van der Waals surface area contributed by atoms with Crippen LogP contribution in [0.1, 0.15) is 44.3 Å². The van der Waals surface area contributed by atoms with E-state index in [0.717, 1.165) is 15.3 Å². The minimum absolute atomic E-state index is 0.0913. The molecule has 4 rings (SSSR count). The van der Waals surface area contributed by atoms with Crippen LogP contribution in [-0.4, -0.2) is 44.4 Å². The van der Waals surface area contributed by atoms with Crippen molar-refractivity contribution in [2.24, 2.45) is 5.92 Å². The second kappa shape index (κ2) is 11.6. The molecule has 0 spiro atoms. The van der Waals surface area contributed by atoms with Gasteiger partial charge in [0, 0.05) is 43.2 Å². The molecular weight excluding hydrogens is 527 g/mol. The standard InChI is InChI=1S/C25H25ClF3N5O2S/c1-15(22(26)27)24(36)34(18-4-2-16(3-5-18)20-13-31-14-37-20)21(19-12-30-10-11-32-19)23(35)33-17-6-8-25(28,29)9-7-17/h2-5,10-15,17,21-22H,6-9H2,1H3,(H,33,35)/t15?,21-,22+/m1/s1. The third-order valence-electron chi connectivity index (χ3n) is 6.30. The molecule has 0 aliphatic heterocycles. The molecule has 1 saturated carbocycles. The molecule has 1 fully saturated rings. The summed E-state index contributed by atoms with van der Waals surface area (Å²) in [5.41, 5.74) is 0.980. The van der Waals surface area contributed by atoms with Gasteiger partial charge in [0.2, 0.25) is 17.7 Å². The summed E-state index contributed by atoms with van der Waals surface area (Å²) in [7, 11) is 0. The van der Waals surface area contributed by atoms with E-state index < -0.39 is 41.4 Å². The third kappa shape index (κ3) is 6.45. The van der Waals surface area contributed by atoms with Gasteiger partial charge in [-0.3, -0.25) is 29.4 Å². The van der Waals surface area contributed by atoms with Crippen molar-refractivity contribution in [3.05, 3.63) is 60.3 Å². The molecule has 2 heterocycles. The van der Waals surface area contributed by atoms with Crippen molar-refractivity contribution in [2.45, 2.75) is 56.2 Å². The summed E-state index contributed by atoms with van der Waals surface area (Å²) in [6.45, 7) is 1.33. The van der Waals surface area contributed by atoms with Crippen molar-refractivity contribution < 1.29 is 22.8 Å². The summed E-state index contributed by atoms with van der Waals surface area (Å²) in [5, 5.41) is 2.79. The maximum atomic E-state index is 14.1. The molecule has 1 aliphatic carbocycles. The minimum Gasteiger partial charge on any atom is -0.351 e. The number of carbonyl (C=O) groups is 2. The van der Waals surface area contributed by atoms with Crippen LogP contribution in [0.5, 0.6) is 0 Å². The number of hydrogen-bond donors (Lipinski definition) is 1. The lowest BCUT2D eigenvalue weighted by molar-refractivity contribution is -0.129. The van der Waals surface area contributed by atoms with Crippen molar-refractivity contribution in [2.75, 3.05) is 4.90 Å². The molecule has 0 saturated heterocycles. The lowest BCUT2D eigenvalue weighted by atomic mass is 9.92. The Bertz CT molecular complexity index is 1190. The highest BCUT2D eigenvalue weighted by Gasteiger charge is 2.40. The Morgan fingerprint density at radius 3 is 2.41 bits per heavy atom. The number of nitrogens with zero attached hydrogens (tertiary/aromatic N) is 4. The van der Waals surface area contributed by atoms with Crippen LogP contribution >= 0.6 is 22.9 Å². The molecule has 3 aromatic rings. The first-order valence-corrected chi connectivity index (χ1v) is 13.0. The molecule has 2 amide bonds. The summed E-state index contributed by atoms with van der Waals surface area (Å²) in [4.78, 5) is 41.6. The summed E-state index contributed by atoms with van der Waals surface area (Å²) in [6, 6.07) is 4.96. The fourth-order valence-electron chi connectivity index (χ4n) is 4.18. The Morgan fingerprint density at radius 2 is 1.84 bits per heavy atom. The zero-order valence-corrected chi connectivity index (χ0v) is 21.4. The Morgan fingerprint density at radius 1 is 1.14 bits per heavy atom. The number of rotatable bonds is 8. The molecule has 12 heteroatoms. The third-order valence-corrected chi connectivity index (χ3v) is 7.50. The van der Waals surface area contributed by atoms with E-state index >= 15 is 0 Å². The lowest BCUT2D eigenvalue weighted by Crippen LogP contribution is -2.50. The van der Waals surface area contributed by atoms with E-state index in [-0.39, 0.29) is 31.4 Å². The quantitative estimate of drug-likeness (QED) is 0.371. The van der Waals surface area contributed by atoms with Crippen molar-refractivity contribution in [3.8, 4) is 10.4 Å². The highest BCUT2D eigenvalue weighted by molar-refractivity contribution is 7.13. The number of hydrogen-bond acceptors (Lipinski definition) is 6. The van der Waals surface area contributed by atoms with Gasteiger partial charge in [0.15, 0.2) is 11.7 Å². The first kappa shape index (κ1) is 27.0. The van der Waals surface area contributed by atoms with E-state index in [4.69, 9.17) is 11.6 Å². The first-order chi connectivity index (χ1) is 17.7. The zero-order valence-electron chi connectivity index (χ0n) is 19.9. The molecule has 0 bridgehead atoms. The van der Waals surface area contributed by atoms with Crippen LogP contribution in [0.4, 0.5) is 18.9 Å². The van der Waals surface area contributed by atoms with E-state index in [1.54, 1.807) is 36.0 Å². The van der Waals surface area contributed by atoms with Crippen LogP contribution in [-0.2, 0) is 9.59 Å². The van der Waals surface area contributed by atoms with Gasteiger partial charge in [-0.25, -0.2) is 13.2 Å². The van der Waals surface area contributed by atoms with Crippen LogP contribution in [0.15, 0.2) is 54.6 Å². The maximum Gasteiger partial charge on any atom is 0.249 e. The van der Waals surface area contributed by atoms with Gasteiger partial charge in [0.05, 0.1) is 28.2 Å². The Labute approximate surface area is 221 Å². The Kier molecular flexibility index (Phi) is 8.43. The van der Waals surface area contributed by atoms with E-state index in [1.165, 1.54) is 36.9 Å². The number of nitrogens with one attached hydrogen (secondary N) is 1. The van der Waals surface area contributed by atoms with Gasteiger partial charge >= 0.3 is 0 Å². The van der Waals surface area contributed by atoms with Crippen LogP contribution in [0, 0.1) is 5.92 Å². The molecule has 1 unspecified atom stereocenters. The summed E-state index contributed by atoms with van der Waals surface area (Å²) >= 11 is 7.08. The average molecular weight is 552 g/mol. The van der Waals surface area contributed by atoms with Gasteiger partial charge in [-0.1, -0.05) is 23.7 Å². The maximum absolute atomic E-state index is 14.1. The zero-order chi connectivity index (χ0) is 26.6. The van der Waals surface area contributed by atoms with Crippen LogP contribution in [0.25, 0.3) is 10.4 Å². The Hall–Kier alpha value is -3.05. The summed E-state index contributed by atoms with van der Waals surface area (Å²) in [6.07, 6.45) is 5.32. The number of carbonyl (C=O) groups excluding carboxylic acids is 2. The van der Waals surface area contributed by atoms with Gasteiger partial charge in [0.25, 0.3) is 0 Å². The van der Waals surface area contributed by atoms with Crippen molar-refractivity contribution in [3.63, 3.8) is 0 Å². The number of benzene rings is 1. The summed E-state index contributed by atoms with van der Waals surface area (Å²) < 4.78 is 41.4. The smallest absolute Gasteiger partial charge is 0.249 e. The SMILES string of the molecule is CC(C(=O)N(c1ccc(-c2cncs2)cc1)[C@@H](C(=O)NC1CCC(F)(F)CC1)c1cnccn1)[C@H](F)Cl. The molecule has 1 aromatic carbocycles. The molecule has 2 aromatic heterocycles. The van der Waals surface area contributed by atoms with Crippen LogP contribution in [0.2, 0.25) is 0 Å². The van der Waals surface area contributed by atoms with Crippen LogP contribution < -0.4 is 10.2 Å². The Balaban J connectivity index is 1.72. The van der Waals surface area contributed by atoms with Crippen molar-refractivity contribution in [1.29, 1.82) is 0 Å². The van der Waals surface area contributed by atoms with Gasteiger partial charge in [-0.15, -0.1) is 11.3 Å². The molecule has 7 nitrogen and oxygen atoms in total. The second-order valence-electron chi connectivity index (χ2n) is 8.92. The second-order valence-corrected chi connectivity index (χ2v) is 10.2. The van der Waals surface area contributed by atoms with Gasteiger partial charge in [0.1, 0.15) is 0 Å². The molecule has 1 N–H and O–H groups in total. The number of thiazole rings is 1. The monoisotopic (exact) mass is 551 g/mol. The van der Waals surface area contributed by atoms with Gasteiger partial charge in [-0.05, 0) is 37.5 Å². The molecular formula is C25H25ClF3N5O2S. The van der Waals surface area contributed by atoms with E-state index in [1.807, 2.05) is 0 Å². The highest BCUT2D eigenvalue weighted by Crippen LogP contribution is 2.35. The van der Waals surface area contributed by atoms with E-state index in [9.17, 15) is 22.8 Å². The number of halogens is 4. The summed E-state index contributed by atoms with van der Waals surface area (Å²) in [5.74, 6) is -5.43. The predicted molar refractivity (Wildman–Crippen MR) is 135 cm³/mol. The topological polar surface area (TPSA) is 88.1 Å². The number of alkyl halides is 4. The number of aromatic nitrogens is 3. The normalized spacial score (nSPS) is 18.0. The largest absolute Gasteiger partial charge is 0.351 e. The molecule has 1 aliphatic rings. The molecule has 0 radical (unpaired) electrons. The van der Waals surface area contributed by atoms with Crippen molar-refractivity contribution >= 4 is 40.4 Å². The minimum atomic E-state index is -2.76.